The fourth-order valence-electron chi connectivity index (χ4n) is 2.74. The molecule has 0 aliphatic carbocycles. The molecular formula is C16H20N2O. The molecule has 3 nitrogen and oxygen atoms in total. The SMILES string of the molecule is NCc1coc(CN2CCCCc3ccccc32)c1. The van der Waals surface area contributed by atoms with Crippen LogP contribution < -0.4 is 10.6 Å². The molecule has 0 atom stereocenters. The molecule has 0 bridgehead atoms. The molecule has 0 unspecified atom stereocenters. The molecule has 1 aliphatic heterocycles. The standard InChI is InChI=1S/C16H20N2O/c17-10-13-9-15(19-12-13)11-18-8-4-3-6-14-5-1-2-7-16(14)18/h1-2,5,7,9,12H,3-4,6,8,10-11,17H2. The second-order valence-electron chi connectivity index (χ2n) is 5.13. The first-order chi connectivity index (χ1) is 9.36. The molecule has 1 aliphatic rings. The maximum atomic E-state index is 5.62. The molecule has 19 heavy (non-hydrogen) atoms. The summed E-state index contributed by atoms with van der Waals surface area (Å²) in [4.78, 5) is 2.42. The van der Waals surface area contributed by atoms with E-state index in [2.05, 4.69) is 35.2 Å². The Bertz CT molecular complexity index is 547. The average molecular weight is 256 g/mol. The van der Waals surface area contributed by atoms with Gasteiger partial charge in [0.2, 0.25) is 0 Å². The second-order valence-corrected chi connectivity index (χ2v) is 5.13. The molecule has 1 aromatic heterocycles. The molecule has 0 saturated heterocycles. The molecule has 2 N–H and O–H groups in total. The van der Waals surface area contributed by atoms with Crippen LogP contribution >= 0.6 is 0 Å². The van der Waals surface area contributed by atoms with Gasteiger partial charge in [0.15, 0.2) is 0 Å². The van der Waals surface area contributed by atoms with Crippen molar-refractivity contribution in [3.8, 4) is 0 Å². The fraction of sp³-hybridized carbons (Fsp3) is 0.375. The maximum Gasteiger partial charge on any atom is 0.123 e. The van der Waals surface area contributed by atoms with E-state index in [1.54, 1.807) is 6.26 Å². The minimum absolute atomic E-state index is 0.542. The van der Waals surface area contributed by atoms with Crippen molar-refractivity contribution in [3.05, 3.63) is 53.5 Å². The zero-order chi connectivity index (χ0) is 13.1. The summed E-state index contributed by atoms with van der Waals surface area (Å²) >= 11 is 0. The Labute approximate surface area is 114 Å². The number of fused-ring (bicyclic) bond motifs is 1. The van der Waals surface area contributed by atoms with Crippen molar-refractivity contribution < 1.29 is 4.42 Å². The van der Waals surface area contributed by atoms with E-state index in [0.29, 0.717) is 6.54 Å². The van der Waals surface area contributed by atoms with Gasteiger partial charge in [-0.1, -0.05) is 18.2 Å². The molecule has 0 amide bonds. The predicted molar refractivity (Wildman–Crippen MR) is 77.0 cm³/mol. The molecule has 0 fully saturated rings. The Balaban J connectivity index is 1.83. The van der Waals surface area contributed by atoms with Crippen LogP contribution in [0, 0.1) is 0 Å². The number of hydrogen-bond donors (Lipinski definition) is 1. The van der Waals surface area contributed by atoms with E-state index in [1.165, 1.54) is 30.5 Å². The lowest BCUT2D eigenvalue weighted by Crippen LogP contribution is -2.23. The molecule has 3 heteroatoms. The topological polar surface area (TPSA) is 42.4 Å². The van der Waals surface area contributed by atoms with Crippen molar-refractivity contribution >= 4 is 5.69 Å². The number of nitrogens with two attached hydrogens (primary N) is 1. The summed E-state index contributed by atoms with van der Waals surface area (Å²) in [6.07, 6.45) is 5.44. The molecule has 2 heterocycles. The van der Waals surface area contributed by atoms with Gasteiger partial charge >= 0.3 is 0 Å². The Morgan fingerprint density at radius 3 is 2.95 bits per heavy atom. The maximum absolute atomic E-state index is 5.62. The van der Waals surface area contributed by atoms with E-state index in [1.807, 2.05) is 0 Å². The van der Waals surface area contributed by atoms with Gasteiger partial charge in [-0.2, -0.15) is 0 Å². The molecule has 0 spiro atoms. The third-order valence-electron chi connectivity index (χ3n) is 3.75. The smallest absolute Gasteiger partial charge is 0.123 e. The van der Waals surface area contributed by atoms with Gasteiger partial charge in [0, 0.05) is 24.3 Å². The first kappa shape index (κ1) is 12.3. The summed E-state index contributed by atoms with van der Waals surface area (Å²) in [6, 6.07) is 10.8. The van der Waals surface area contributed by atoms with Crippen molar-refractivity contribution in [3.63, 3.8) is 0 Å². The quantitative estimate of drug-likeness (QED) is 0.917. The van der Waals surface area contributed by atoms with Crippen LogP contribution in [-0.2, 0) is 19.5 Å². The van der Waals surface area contributed by atoms with Gasteiger partial charge in [0.25, 0.3) is 0 Å². The molecule has 0 saturated carbocycles. The van der Waals surface area contributed by atoms with Crippen molar-refractivity contribution in [1.29, 1.82) is 0 Å². The highest BCUT2D eigenvalue weighted by molar-refractivity contribution is 5.54. The Morgan fingerprint density at radius 1 is 1.21 bits per heavy atom. The van der Waals surface area contributed by atoms with Gasteiger partial charge < -0.3 is 15.1 Å². The Morgan fingerprint density at radius 2 is 2.11 bits per heavy atom. The summed E-state index contributed by atoms with van der Waals surface area (Å²) in [5.74, 6) is 0.997. The summed E-state index contributed by atoms with van der Waals surface area (Å²) in [5.41, 5.74) is 9.49. The van der Waals surface area contributed by atoms with Crippen LogP contribution in [0.4, 0.5) is 5.69 Å². The van der Waals surface area contributed by atoms with Crippen molar-refractivity contribution in [2.75, 3.05) is 11.4 Å². The molecule has 0 radical (unpaired) electrons. The highest BCUT2D eigenvalue weighted by Crippen LogP contribution is 2.27. The number of furan rings is 1. The van der Waals surface area contributed by atoms with Crippen molar-refractivity contribution in [1.82, 2.24) is 0 Å². The fourth-order valence-corrected chi connectivity index (χ4v) is 2.74. The number of rotatable bonds is 3. The van der Waals surface area contributed by atoms with Gasteiger partial charge in [-0.05, 0) is 37.0 Å². The molecule has 3 rings (SSSR count). The van der Waals surface area contributed by atoms with E-state index in [0.717, 1.165) is 24.4 Å². The van der Waals surface area contributed by atoms with Crippen LogP contribution in [0.25, 0.3) is 0 Å². The first-order valence-electron chi connectivity index (χ1n) is 6.96. The number of benzene rings is 1. The molecule has 100 valence electrons. The van der Waals surface area contributed by atoms with E-state index >= 15 is 0 Å². The van der Waals surface area contributed by atoms with E-state index in [4.69, 9.17) is 10.2 Å². The van der Waals surface area contributed by atoms with Crippen LogP contribution in [0.2, 0.25) is 0 Å². The third-order valence-corrected chi connectivity index (χ3v) is 3.75. The summed E-state index contributed by atoms with van der Waals surface area (Å²) in [7, 11) is 0. The minimum Gasteiger partial charge on any atom is -0.467 e. The van der Waals surface area contributed by atoms with E-state index < -0.39 is 0 Å². The molecule has 1 aromatic carbocycles. The number of aryl methyl sites for hydroxylation is 1. The number of para-hydroxylation sites is 1. The normalized spacial score (nSPS) is 15.1. The first-order valence-corrected chi connectivity index (χ1v) is 6.96. The predicted octanol–water partition coefficient (Wildman–Crippen LogP) is 3.08. The van der Waals surface area contributed by atoms with Crippen LogP contribution in [0.1, 0.15) is 29.7 Å². The van der Waals surface area contributed by atoms with Crippen LogP contribution in [0.3, 0.4) is 0 Å². The molecule has 2 aromatic rings. The minimum atomic E-state index is 0.542. The van der Waals surface area contributed by atoms with Crippen molar-refractivity contribution in [2.24, 2.45) is 5.73 Å². The van der Waals surface area contributed by atoms with Crippen LogP contribution in [0.5, 0.6) is 0 Å². The van der Waals surface area contributed by atoms with E-state index in [-0.39, 0.29) is 0 Å². The lowest BCUT2D eigenvalue weighted by molar-refractivity contribution is 0.499. The third kappa shape index (κ3) is 2.66. The zero-order valence-electron chi connectivity index (χ0n) is 11.1. The Kier molecular flexibility index (Phi) is 3.56. The number of anilines is 1. The van der Waals surface area contributed by atoms with Crippen LogP contribution in [0.15, 0.2) is 41.0 Å². The van der Waals surface area contributed by atoms with Gasteiger partial charge in [-0.25, -0.2) is 0 Å². The number of nitrogens with zero attached hydrogens (tertiary/aromatic N) is 1. The lowest BCUT2D eigenvalue weighted by atomic mass is 10.1. The summed E-state index contributed by atoms with van der Waals surface area (Å²) in [6.45, 7) is 2.47. The highest BCUT2D eigenvalue weighted by Gasteiger charge is 2.16. The lowest BCUT2D eigenvalue weighted by Gasteiger charge is -2.23. The average Bonchev–Trinajstić information content (AvgIpc) is 2.80. The van der Waals surface area contributed by atoms with Gasteiger partial charge in [0.1, 0.15) is 5.76 Å². The monoisotopic (exact) mass is 256 g/mol. The van der Waals surface area contributed by atoms with Gasteiger partial charge in [0.05, 0.1) is 12.8 Å². The number of hydrogen-bond acceptors (Lipinski definition) is 3. The second kappa shape index (κ2) is 5.49. The largest absolute Gasteiger partial charge is 0.467 e. The summed E-state index contributed by atoms with van der Waals surface area (Å²) < 4.78 is 5.59. The highest BCUT2D eigenvalue weighted by atomic mass is 16.3. The van der Waals surface area contributed by atoms with Crippen LogP contribution in [-0.4, -0.2) is 6.54 Å². The summed E-state index contributed by atoms with van der Waals surface area (Å²) in [5, 5.41) is 0. The Hall–Kier alpha value is -1.74. The van der Waals surface area contributed by atoms with Gasteiger partial charge in [-0.3, -0.25) is 0 Å². The van der Waals surface area contributed by atoms with Gasteiger partial charge in [-0.15, -0.1) is 0 Å². The van der Waals surface area contributed by atoms with Crippen molar-refractivity contribution in [2.45, 2.75) is 32.4 Å². The zero-order valence-corrected chi connectivity index (χ0v) is 11.1. The molecular weight excluding hydrogens is 236 g/mol. The van der Waals surface area contributed by atoms with E-state index in [9.17, 15) is 0 Å².